The van der Waals surface area contributed by atoms with E-state index < -0.39 is 0 Å². The van der Waals surface area contributed by atoms with Crippen molar-refractivity contribution < 1.29 is 4.39 Å². The molecule has 0 radical (unpaired) electrons. The monoisotopic (exact) mass is 205 g/mol. The van der Waals surface area contributed by atoms with Crippen molar-refractivity contribution in [1.29, 1.82) is 5.26 Å². The van der Waals surface area contributed by atoms with Gasteiger partial charge in [-0.15, -0.1) is 0 Å². The van der Waals surface area contributed by atoms with Gasteiger partial charge in [-0.3, -0.25) is 0 Å². The molecule has 0 aromatic heterocycles. The molecular weight excluding hydrogens is 193 g/mol. The second kappa shape index (κ2) is 3.87. The number of rotatable bonds is 2. The predicted octanol–water partition coefficient (Wildman–Crippen LogP) is 1.39. The number of anilines is 1. The minimum absolute atomic E-state index is 0.330. The summed E-state index contributed by atoms with van der Waals surface area (Å²) in [5.41, 5.74) is 1.65. The van der Waals surface area contributed by atoms with E-state index in [1.807, 2.05) is 6.07 Å². The molecule has 1 aliphatic heterocycles. The Morgan fingerprint density at radius 1 is 1.53 bits per heavy atom. The van der Waals surface area contributed by atoms with Gasteiger partial charge in [0.1, 0.15) is 5.82 Å². The summed E-state index contributed by atoms with van der Waals surface area (Å²) in [5.74, 6) is -0.330. The molecule has 1 aromatic carbocycles. The first-order valence-corrected chi connectivity index (χ1v) is 4.88. The third kappa shape index (κ3) is 1.92. The zero-order chi connectivity index (χ0) is 10.8. The number of halogens is 1. The number of hydrogen-bond acceptors (Lipinski definition) is 3. The molecule has 15 heavy (non-hydrogen) atoms. The van der Waals surface area contributed by atoms with Crippen molar-refractivity contribution in [3.63, 3.8) is 0 Å². The largest absolute Gasteiger partial charge is 0.379 e. The van der Waals surface area contributed by atoms with E-state index in [9.17, 15) is 4.39 Å². The zero-order valence-corrected chi connectivity index (χ0v) is 8.47. The molecule has 3 nitrogen and oxygen atoms in total. The maximum Gasteiger partial charge on any atom is 0.129 e. The number of hydrogen-bond donors (Lipinski definition) is 2. The first kappa shape index (κ1) is 9.94. The van der Waals surface area contributed by atoms with Crippen LogP contribution in [0.3, 0.4) is 0 Å². The van der Waals surface area contributed by atoms with Gasteiger partial charge in [0.05, 0.1) is 17.7 Å². The molecule has 0 amide bonds. The Morgan fingerprint density at radius 2 is 2.27 bits per heavy atom. The third-order valence-electron chi connectivity index (χ3n) is 2.61. The van der Waals surface area contributed by atoms with Crippen LogP contribution in [-0.4, -0.2) is 19.1 Å². The Morgan fingerprint density at radius 3 is 2.80 bits per heavy atom. The highest BCUT2D eigenvalue weighted by molar-refractivity contribution is 5.56. The van der Waals surface area contributed by atoms with E-state index in [4.69, 9.17) is 5.26 Å². The van der Waals surface area contributed by atoms with E-state index in [-0.39, 0.29) is 5.82 Å². The minimum Gasteiger partial charge on any atom is -0.379 e. The van der Waals surface area contributed by atoms with E-state index >= 15 is 0 Å². The fourth-order valence-electron chi connectivity index (χ4n) is 1.50. The Labute approximate surface area is 87.9 Å². The second-order valence-corrected chi connectivity index (χ2v) is 3.74. The summed E-state index contributed by atoms with van der Waals surface area (Å²) in [6.07, 6.45) is 0. The predicted molar refractivity (Wildman–Crippen MR) is 56.1 cm³/mol. The lowest BCUT2D eigenvalue weighted by Gasteiger charge is -2.29. The number of nitriles is 1. The van der Waals surface area contributed by atoms with Gasteiger partial charge in [-0.2, -0.15) is 5.26 Å². The van der Waals surface area contributed by atoms with Gasteiger partial charge in [-0.05, 0) is 19.1 Å². The molecule has 0 spiro atoms. The maximum absolute atomic E-state index is 13.4. The second-order valence-electron chi connectivity index (χ2n) is 3.74. The van der Waals surface area contributed by atoms with Crippen LogP contribution in [0.2, 0.25) is 0 Å². The van der Waals surface area contributed by atoms with Crippen LogP contribution in [-0.2, 0) is 0 Å². The van der Waals surface area contributed by atoms with Crippen molar-refractivity contribution in [2.24, 2.45) is 0 Å². The highest BCUT2D eigenvalue weighted by atomic mass is 19.1. The fraction of sp³-hybridized carbons (Fsp3) is 0.364. The van der Waals surface area contributed by atoms with Gasteiger partial charge in [-0.1, -0.05) is 0 Å². The van der Waals surface area contributed by atoms with Crippen LogP contribution in [0.15, 0.2) is 12.1 Å². The van der Waals surface area contributed by atoms with E-state index in [0.717, 1.165) is 18.8 Å². The lowest BCUT2D eigenvalue weighted by molar-refractivity contribution is 0.471. The van der Waals surface area contributed by atoms with Crippen molar-refractivity contribution in [3.8, 4) is 6.07 Å². The van der Waals surface area contributed by atoms with Gasteiger partial charge >= 0.3 is 0 Å². The molecular formula is C11H12FN3. The molecule has 1 saturated heterocycles. The van der Waals surface area contributed by atoms with Gasteiger partial charge in [0.15, 0.2) is 0 Å². The highest BCUT2D eigenvalue weighted by Gasteiger charge is 2.17. The lowest BCUT2D eigenvalue weighted by atomic mass is 10.1. The van der Waals surface area contributed by atoms with Crippen LogP contribution in [0.25, 0.3) is 0 Å². The SMILES string of the molecule is Cc1c(F)cc(C#N)cc1NC1CNC1. The van der Waals surface area contributed by atoms with Crippen LogP contribution >= 0.6 is 0 Å². The molecule has 1 aliphatic rings. The average Bonchev–Trinajstić information content (AvgIpc) is 2.17. The highest BCUT2D eigenvalue weighted by Crippen LogP contribution is 2.21. The molecule has 1 heterocycles. The summed E-state index contributed by atoms with van der Waals surface area (Å²) >= 11 is 0. The molecule has 0 unspecified atom stereocenters. The van der Waals surface area contributed by atoms with Crippen molar-refractivity contribution in [2.75, 3.05) is 18.4 Å². The van der Waals surface area contributed by atoms with Gasteiger partial charge in [0.2, 0.25) is 0 Å². The quantitative estimate of drug-likeness (QED) is 0.767. The topological polar surface area (TPSA) is 47.9 Å². The molecule has 0 saturated carbocycles. The van der Waals surface area contributed by atoms with E-state index in [1.54, 1.807) is 13.0 Å². The smallest absolute Gasteiger partial charge is 0.129 e. The Kier molecular flexibility index (Phi) is 2.57. The van der Waals surface area contributed by atoms with Gasteiger partial charge < -0.3 is 10.6 Å². The van der Waals surface area contributed by atoms with Crippen LogP contribution in [0, 0.1) is 24.1 Å². The minimum atomic E-state index is -0.330. The van der Waals surface area contributed by atoms with Crippen LogP contribution < -0.4 is 10.6 Å². The standard InChI is InChI=1S/C11H12FN3/c1-7-10(12)2-8(4-13)3-11(7)15-9-5-14-6-9/h2-3,9,14-15H,5-6H2,1H3. The molecule has 2 rings (SSSR count). The van der Waals surface area contributed by atoms with Crippen molar-refractivity contribution in [1.82, 2.24) is 5.32 Å². The average molecular weight is 205 g/mol. The van der Waals surface area contributed by atoms with Crippen molar-refractivity contribution in [3.05, 3.63) is 29.1 Å². The summed E-state index contributed by atoms with van der Waals surface area (Å²) in [6, 6.07) is 5.25. The van der Waals surface area contributed by atoms with Gasteiger partial charge in [0.25, 0.3) is 0 Å². The molecule has 0 atom stereocenters. The molecule has 4 heteroatoms. The number of nitrogens with zero attached hydrogens (tertiary/aromatic N) is 1. The third-order valence-corrected chi connectivity index (χ3v) is 2.61. The Balaban J connectivity index is 2.28. The normalized spacial score (nSPS) is 15.5. The Bertz CT molecular complexity index is 419. The van der Waals surface area contributed by atoms with Gasteiger partial charge in [-0.25, -0.2) is 4.39 Å². The summed E-state index contributed by atoms with van der Waals surface area (Å²) in [5, 5.41) is 15.1. The van der Waals surface area contributed by atoms with Crippen LogP contribution in [0.4, 0.5) is 10.1 Å². The summed E-state index contributed by atoms with van der Waals surface area (Å²) in [7, 11) is 0. The lowest BCUT2D eigenvalue weighted by Crippen LogP contribution is -2.51. The van der Waals surface area contributed by atoms with E-state index in [0.29, 0.717) is 17.2 Å². The summed E-state index contributed by atoms with van der Waals surface area (Å²) < 4.78 is 13.4. The molecule has 1 aromatic rings. The molecule has 0 bridgehead atoms. The van der Waals surface area contributed by atoms with Crippen molar-refractivity contribution >= 4 is 5.69 Å². The molecule has 1 fully saturated rings. The van der Waals surface area contributed by atoms with Crippen molar-refractivity contribution in [2.45, 2.75) is 13.0 Å². The van der Waals surface area contributed by atoms with E-state index in [1.165, 1.54) is 6.07 Å². The number of nitrogens with one attached hydrogen (secondary N) is 2. The van der Waals surface area contributed by atoms with Crippen LogP contribution in [0.5, 0.6) is 0 Å². The first-order valence-electron chi connectivity index (χ1n) is 4.88. The molecule has 0 aliphatic carbocycles. The fourth-order valence-corrected chi connectivity index (χ4v) is 1.50. The zero-order valence-electron chi connectivity index (χ0n) is 8.47. The first-order chi connectivity index (χ1) is 7.20. The van der Waals surface area contributed by atoms with Crippen LogP contribution in [0.1, 0.15) is 11.1 Å². The molecule has 78 valence electrons. The summed E-state index contributed by atoms with van der Waals surface area (Å²) in [6.45, 7) is 3.49. The van der Waals surface area contributed by atoms with Gasteiger partial charge in [0, 0.05) is 24.3 Å². The maximum atomic E-state index is 13.4. The number of benzene rings is 1. The molecule has 2 N–H and O–H groups in total. The van der Waals surface area contributed by atoms with E-state index in [2.05, 4.69) is 10.6 Å². The summed E-state index contributed by atoms with van der Waals surface area (Å²) in [4.78, 5) is 0. The Hall–Kier alpha value is -1.60.